The minimum absolute atomic E-state index is 0.0795. The highest BCUT2D eigenvalue weighted by Crippen LogP contribution is 2.15. The highest BCUT2D eigenvalue weighted by Gasteiger charge is 2.24. The van der Waals surface area contributed by atoms with Crippen LogP contribution in [0.15, 0.2) is 35.0 Å². The minimum Gasteiger partial charge on any atom is -0.353 e. The van der Waals surface area contributed by atoms with Crippen LogP contribution in [-0.2, 0) is 22.4 Å². The Labute approximate surface area is 144 Å². The lowest BCUT2D eigenvalue weighted by molar-refractivity contribution is -0.131. The number of carbonyl (C=O) groups excluding carboxylic acids is 2. The fourth-order valence-electron chi connectivity index (χ4n) is 2.80. The van der Waals surface area contributed by atoms with Crippen molar-refractivity contribution in [2.75, 3.05) is 13.1 Å². The van der Waals surface area contributed by atoms with Crippen molar-refractivity contribution in [2.24, 2.45) is 0 Å². The maximum absolute atomic E-state index is 12.3. The number of thiophene rings is 2. The standard InChI is InChI=1S/C17H20N2O2S2/c20-16(11-14-3-1-9-22-14)18-13-5-7-19(8-6-13)17(21)12-15-4-2-10-23-15/h1-4,9-10,13H,5-8,11-12H2,(H,18,20). The Morgan fingerprint density at radius 1 is 1.04 bits per heavy atom. The molecule has 3 heterocycles. The maximum Gasteiger partial charge on any atom is 0.227 e. The van der Waals surface area contributed by atoms with Gasteiger partial charge in [-0.1, -0.05) is 12.1 Å². The van der Waals surface area contributed by atoms with Crippen LogP contribution in [0.5, 0.6) is 0 Å². The number of piperidine rings is 1. The molecule has 0 aromatic carbocycles. The van der Waals surface area contributed by atoms with Gasteiger partial charge in [-0.15, -0.1) is 22.7 Å². The lowest BCUT2D eigenvalue weighted by atomic mass is 10.0. The highest BCUT2D eigenvalue weighted by atomic mass is 32.1. The molecule has 0 unspecified atom stereocenters. The van der Waals surface area contributed by atoms with E-state index in [0.29, 0.717) is 12.8 Å². The molecule has 1 saturated heterocycles. The third-order valence-electron chi connectivity index (χ3n) is 4.03. The molecule has 0 radical (unpaired) electrons. The molecule has 0 atom stereocenters. The molecule has 23 heavy (non-hydrogen) atoms. The molecule has 3 rings (SSSR count). The minimum atomic E-state index is 0.0795. The molecule has 6 heteroatoms. The molecule has 122 valence electrons. The van der Waals surface area contributed by atoms with Crippen molar-refractivity contribution >= 4 is 34.5 Å². The van der Waals surface area contributed by atoms with E-state index in [0.717, 1.165) is 35.7 Å². The molecule has 2 aromatic rings. The lowest BCUT2D eigenvalue weighted by Crippen LogP contribution is -2.47. The van der Waals surface area contributed by atoms with Crippen molar-refractivity contribution in [1.82, 2.24) is 10.2 Å². The van der Waals surface area contributed by atoms with Gasteiger partial charge in [0.2, 0.25) is 11.8 Å². The van der Waals surface area contributed by atoms with E-state index in [2.05, 4.69) is 5.32 Å². The zero-order valence-corrected chi connectivity index (χ0v) is 14.5. The van der Waals surface area contributed by atoms with Crippen LogP contribution in [0.3, 0.4) is 0 Å². The summed E-state index contributed by atoms with van der Waals surface area (Å²) in [6.07, 6.45) is 2.63. The van der Waals surface area contributed by atoms with Crippen molar-refractivity contribution < 1.29 is 9.59 Å². The first kappa shape index (κ1) is 16.2. The Bertz CT molecular complexity index is 630. The largest absolute Gasteiger partial charge is 0.353 e. The summed E-state index contributed by atoms with van der Waals surface area (Å²) in [6, 6.07) is 8.11. The third-order valence-corrected chi connectivity index (χ3v) is 5.79. The van der Waals surface area contributed by atoms with Crippen molar-refractivity contribution in [1.29, 1.82) is 0 Å². The molecule has 1 aliphatic heterocycles. The van der Waals surface area contributed by atoms with Gasteiger partial charge in [-0.3, -0.25) is 9.59 Å². The van der Waals surface area contributed by atoms with Crippen LogP contribution in [0.2, 0.25) is 0 Å². The van der Waals surface area contributed by atoms with Gasteiger partial charge in [-0.25, -0.2) is 0 Å². The topological polar surface area (TPSA) is 49.4 Å². The summed E-state index contributed by atoms with van der Waals surface area (Å²) in [5.41, 5.74) is 0. The molecule has 0 aliphatic carbocycles. The van der Waals surface area contributed by atoms with Gasteiger partial charge in [0.1, 0.15) is 0 Å². The van der Waals surface area contributed by atoms with E-state index >= 15 is 0 Å². The second-order valence-electron chi connectivity index (χ2n) is 5.73. The number of rotatable bonds is 5. The first-order chi connectivity index (χ1) is 11.2. The van der Waals surface area contributed by atoms with Crippen molar-refractivity contribution in [3.63, 3.8) is 0 Å². The average Bonchev–Trinajstić information content (AvgIpc) is 3.21. The highest BCUT2D eigenvalue weighted by molar-refractivity contribution is 7.10. The van der Waals surface area contributed by atoms with E-state index in [1.165, 1.54) is 0 Å². The third kappa shape index (κ3) is 4.65. The number of hydrogen-bond acceptors (Lipinski definition) is 4. The molecule has 0 saturated carbocycles. The van der Waals surface area contributed by atoms with Crippen LogP contribution in [0.1, 0.15) is 22.6 Å². The van der Waals surface area contributed by atoms with E-state index in [1.807, 2.05) is 39.9 Å². The number of nitrogens with zero attached hydrogens (tertiary/aromatic N) is 1. The van der Waals surface area contributed by atoms with Crippen LogP contribution in [0.4, 0.5) is 0 Å². The molecule has 0 bridgehead atoms. The summed E-state index contributed by atoms with van der Waals surface area (Å²) in [6.45, 7) is 1.46. The Morgan fingerprint density at radius 3 is 2.22 bits per heavy atom. The Hall–Kier alpha value is -1.66. The smallest absolute Gasteiger partial charge is 0.227 e. The summed E-state index contributed by atoms with van der Waals surface area (Å²) in [4.78, 5) is 28.4. The van der Waals surface area contributed by atoms with Crippen LogP contribution < -0.4 is 5.32 Å². The fourth-order valence-corrected chi connectivity index (χ4v) is 4.20. The molecule has 1 fully saturated rings. The number of hydrogen-bond donors (Lipinski definition) is 1. The zero-order valence-electron chi connectivity index (χ0n) is 12.9. The second-order valence-corrected chi connectivity index (χ2v) is 7.80. The molecule has 4 nitrogen and oxygen atoms in total. The molecular formula is C17H20N2O2S2. The SMILES string of the molecule is O=C(Cc1cccs1)NC1CCN(C(=O)Cc2cccs2)CC1. The van der Waals surface area contributed by atoms with Gasteiger partial charge in [0, 0.05) is 28.9 Å². The number of amides is 2. The van der Waals surface area contributed by atoms with Crippen molar-refractivity contribution in [2.45, 2.75) is 31.7 Å². The van der Waals surface area contributed by atoms with Gasteiger partial charge in [0.05, 0.1) is 12.8 Å². The molecule has 1 N–H and O–H groups in total. The van der Waals surface area contributed by atoms with E-state index in [9.17, 15) is 9.59 Å². The van der Waals surface area contributed by atoms with Crippen LogP contribution in [0.25, 0.3) is 0 Å². The summed E-state index contributed by atoms with van der Waals surface area (Å²) in [5, 5.41) is 7.08. The summed E-state index contributed by atoms with van der Waals surface area (Å²) >= 11 is 3.23. The predicted molar refractivity (Wildman–Crippen MR) is 93.8 cm³/mol. The van der Waals surface area contributed by atoms with Crippen molar-refractivity contribution in [3.05, 3.63) is 44.8 Å². The molecule has 1 aliphatic rings. The van der Waals surface area contributed by atoms with Crippen LogP contribution in [-0.4, -0.2) is 35.8 Å². The van der Waals surface area contributed by atoms with Crippen molar-refractivity contribution in [3.8, 4) is 0 Å². The molecule has 2 aromatic heterocycles. The Balaban J connectivity index is 1.41. The van der Waals surface area contributed by atoms with E-state index in [4.69, 9.17) is 0 Å². The molecule has 0 spiro atoms. The number of carbonyl (C=O) groups is 2. The predicted octanol–water partition coefficient (Wildman–Crippen LogP) is 2.70. The first-order valence-electron chi connectivity index (χ1n) is 7.82. The second kappa shape index (κ2) is 7.75. The van der Waals surface area contributed by atoms with Gasteiger partial charge in [-0.05, 0) is 35.7 Å². The van der Waals surface area contributed by atoms with E-state index in [-0.39, 0.29) is 17.9 Å². The van der Waals surface area contributed by atoms with E-state index < -0.39 is 0 Å². The quantitative estimate of drug-likeness (QED) is 0.903. The Morgan fingerprint density at radius 2 is 1.65 bits per heavy atom. The van der Waals surface area contributed by atoms with E-state index in [1.54, 1.807) is 22.7 Å². The van der Waals surface area contributed by atoms with Crippen LogP contribution >= 0.6 is 22.7 Å². The van der Waals surface area contributed by atoms with Gasteiger partial charge in [0.25, 0.3) is 0 Å². The summed E-state index contributed by atoms with van der Waals surface area (Å²) in [7, 11) is 0. The summed E-state index contributed by atoms with van der Waals surface area (Å²) < 4.78 is 0. The zero-order chi connectivity index (χ0) is 16.1. The van der Waals surface area contributed by atoms with Crippen LogP contribution in [0, 0.1) is 0 Å². The Kier molecular flexibility index (Phi) is 5.46. The molecule has 2 amide bonds. The maximum atomic E-state index is 12.3. The summed E-state index contributed by atoms with van der Waals surface area (Å²) in [5.74, 6) is 0.270. The average molecular weight is 348 g/mol. The van der Waals surface area contributed by atoms with Gasteiger partial charge in [0.15, 0.2) is 0 Å². The normalized spacial score (nSPS) is 15.6. The fraction of sp³-hybridized carbons (Fsp3) is 0.412. The first-order valence-corrected chi connectivity index (χ1v) is 9.58. The monoisotopic (exact) mass is 348 g/mol. The number of likely N-dealkylation sites (tertiary alicyclic amines) is 1. The van der Waals surface area contributed by atoms with Gasteiger partial charge in [-0.2, -0.15) is 0 Å². The molecular weight excluding hydrogens is 328 g/mol. The lowest BCUT2D eigenvalue weighted by Gasteiger charge is -2.32. The van der Waals surface area contributed by atoms with Gasteiger partial charge >= 0.3 is 0 Å². The number of nitrogens with one attached hydrogen (secondary N) is 1. The van der Waals surface area contributed by atoms with Gasteiger partial charge < -0.3 is 10.2 Å².